The average molecular weight is 393 g/mol. The molecular formula is C24H48Si2. The maximum absolute atomic E-state index is 2.86. The van der Waals surface area contributed by atoms with Crippen molar-refractivity contribution in [3.8, 4) is 0 Å². The third kappa shape index (κ3) is 3.93. The summed E-state index contributed by atoms with van der Waals surface area (Å²) >= 11 is 0. The van der Waals surface area contributed by atoms with E-state index in [2.05, 4.69) is 53.9 Å². The molecule has 6 atom stereocenters. The van der Waals surface area contributed by atoms with Crippen LogP contribution in [0.4, 0.5) is 0 Å². The van der Waals surface area contributed by atoms with E-state index in [1.807, 2.05) is 0 Å². The summed E-state index contributed by atoms with van der Waals surface area (Å²) in [6.45, 7) is 21.3. The average Bonchev–Trinajstić information content (AvgIpc) is 3.13. The molecule has 0 aromatic heterocycles. The molecule has 3 aliphatic rings. The molecule has 26 heavy (non-hydrogen) atoms. The smallest absolute Gasteiger partial charge is 0.0448 e. The van der Waals surface area contributed by atoms with Crippen LogP contribution in [0.5, 0.6) is 0 Å². The Kier molecular flexibility index (Phi) is 5.98. The fourth-order valence-corrected chi connectivity index (χ4v) is 21.9. The maximum atomic E-state index is 2.86. The SMILES string of the molecule is CC1CCCC2C1CCC2[Si](C)(C)[Si](C)(C)C1CCC(CC(C)(C)C)C1. The number of hydrogen-bond donors (Lipinski definition) is 0. The van der Waals surface area contributed by atoms with Gasteiger partial charge in [-0.2, -0.15) is 0 Å². The van der Waals surface area contributed by atoms with Crippen LogP contribution in [0.2, 0.25) is 37.3 Å². The van der Waals surface area contributed by atoms with Crippen molar-refractivity contribution in [1.29, 1.82) is 0 Å². The lowest BCUT2D eigenvalue weighted by Crippen LogP contribution is -2.61. The Bertz CT molecular complexity index is 487. The summed E-state index contributed by atoms with van der Waals surface area (Å²) in [6.07, 6.45) is 14.0. The number of fused-ring (bicyclic) bond motifs is 1. The van der Waals surface area contributed by atoms with E-state index in [1.54, 1.807) is 32.1 Å². The molecular weight excluding hydrogens is 344 g/mol. The van der Waals surface area contributed by atoms with E-state index in [-0.39, 0.29) is 0 Å². The van der Waals surface area contributed by atoms with Crippen LogP contribution in [0, 0.1) is 29.1 Å². The van der Waals surface area contributed by atoms with Gasteiger partial charge in [-0.15, -0.1) is 0 Å². The Morgan fingerprint density at radius 1 is 0.769 bits per heavy atom. The summed E-state index contributed by atoms with van der Waals surface area (Å²) in [4.78, 5) is 0. The zero-order valence-corrected chi connectivity index (χ0v) is 21.3. The van der Waals surface area contributed by atoms with Gasteiger partial charge in [-0.3, -0.25) is 0 Å². The van der Waals surface area contributed by atoms with Crippen molar-refractivity contribution in [2.75, 3.05) is 0 Å². The lowest BCUT2D eigenvalue weighted by atomic mass is 9.75. The highest BCUT2D eigenvalue weighted by molar-refractivity contribution is 7.41. The predicted molar refractivity (Wildman–Crippen MR) is 123 cm³/mol. The number of rotatable bonds is 4. The van der Waals surface area contributed by atoms with E-state index in [1.165, 1.54) is 31.2 Å². The van der Waals surface area contributed by atoms with E-state index in [0.29, 0.717) is 5.41 Å². The van der Waals surface area contributed by atoms with Gasteiger partial charge < -0.3 is 0 Å². The zero-order chi connectivity index (χ0) is 19.3. The normalized spacial score (nSPS) is 39.2. The lowest BCUT2D eigenvalue weighted by molar-refractivity contribution is 0.196. The largest absolute Gasteiger partial charge is 0.0711 e. The highest BCUT2D eigenvalue weighted by Crippen LogP contribution is 2.59. The molecule has 6 unspecified atom stereocenters. The first-order valence-electron chi connectivity index (χ1n) is 11.9. The molecule has 3 aliphatic carbocycles. The van der Waals surface area contributed by atoms with Crippen molar-refractivity contribution in [2.24, 2.45) is 29.1 Å². The molecule has 152 valence electrons. The Morgan fingerprint density at radius 2 is 1.46 bits per heavy atom. The predicted octanol–water partition coefficient (Wildman–Crippen LogP) is 8.30. The van der Waals surface area contributed by atoms with Crippen molar-refractivity contribution in [2.45, 2.75) is 123 Å². The van der Waals surface area contributed by atoms with E-state index in [4.69, 9.17) is 0 Å². The molecule has 0 amide bonds. The fourth-order valence-electron chi connectivity index (χ4n) is 7.79. The molecule has 3 saturated carbocycles. The molecule has 0 heterocycles. The van der Waals surface area contributed by atoms with Gasteiger partial charge in [-0.25, -0.2) is 0 Å². The zero-order valence-electron chi connectivity index (χ0n) is 19.3. The summed E-state index contributed by atoms with van der Waals surface area (Å²) < 4.78 is 0. The van der Waals surface area contributed by atoms with Gasteiger partial charge >= 0.3 is 0 Å². The topological polar surface area (TPSA) is 0 Å². The van der Waals surface area contributed by atoms with Gasteiger partial charge in [0.1, 0.15) is 0 Å². The Labute approximate surface area is 167 Å². The highest BCUT2D eigenvalue weighted by atomic mass is 29.3. The van der Waals surface area contributed by atoms with E-state index >= 15 is 0 Å². The van der Waals surface area contributed by atoms with Crippen LogP contribution in [-0.2, 0) is 0 Å². The second-order valence-corrected chi connectivity index (χ2v) is 29.2. The molecule has 0 aromatic carbocycles. The Hall–Kier alpha value is 0.434. The first-order chi connectivity index (χ1) is 11.9. The van der Waals surface area contributed by atoms with Gasteiger partial charge in [0.25, 0.3) is 0 Å². The Morgan fingerprint density at radius 3 is 2.12 bits per heavy atom. The first-order valence-corrected chi connectivity index (χ1v) is 19.1. The van der Waals surface area contributed by atoms with Crippen LogP contribution < -0.4 is 0 Å². The standard InChI is InChI=1S/C24H48Si2/c1-18-10-9-11-22-21(18)14-15-23(22)26(7,8)25(5,6)20-13-12-19(16-20)17-24(2,3)4/h18-23H,9-17H2,1-8H3. The molecule has 0 nitrogen and oxygen atoms in total. The summed E-state index contributed by atoms with van der Waals surface area (Å²) in [5.74, 6) is 4.28. The van der Waals surface area contributed by atoms with E-state index < -0.39 is 15.2 Å². The molecule has 3 fully saturated rings. The minimum atomic E-state index is -1.15. The van der Waals surface area contributed by atoms with Gasteiger partial charge in [0.05, 0.1) is 0 Å². The second-order valence-electron chi connectivity index (χ2n) is 13.0. The summed E-state index contributed by atoms with van der Waals surface area (Å²) in [5.41, 5.74) is 2.82. The van der Waals surface area contributed by atoms with Crippen molar-refractivity contribution < 1.29 is 0 Å². The monoisotopic (exact) mass is 392 g/mol. The van der Waals surface area contributed by atoms with Gasteiger partial charge in [0.15, 0.2) is 0 Å². The van der Waals surface area contributed by atoms with Crippen LogP contribution in [0.25, 0.3) is 0 Å². The molecule has 0 bridgehead atoms. The molecule has 3 rings (SSSR count). The summed E-state index contributed by atoms with van der Waals surface area (Å²) in [7, 11) is -2.29. The minimum absolute atomic E-state index is 0.523. The van der Waals surface area contributed by atoms with Gasteiger partial charge in [0, 0.05) is 15.2 Å². The third-order valence-electron chi connectivity index (χ3n) is 9.86. The lowest BCUT2D eigenvalue weighted by Gasteiger charge is -2.50. The van der Waals surface area contributed by atoms with Crippen LogP contribution in [0.1, 0.15) is 85.5 Å². The fraction of sp³-hybridized carbons (Fsp3) is 1.00. The molecule has 0 N–H and O–H groups in total. The quantitative estimate of drug-likeness (QED) is 0.422. The molecule has 0 radical (unpaired) electrons. The van der Waals surface area contributed by atoms with Crippen molar-refractivity contribution in [3.63, 3.8) is 0 Å². The van der Waals surface area contributed by atoms with E-state index in [0.717, 1.165) is 29.2 Å². The van der Waals surface area contributed by atoms with Crippen LogP contribution in [0.3, 0.4) is 0 Å². The van der Waals surface area contributed by atoms with Gasteiger partial charge in [-0.05, 0) is 53.0 Å². The molecule has 0 spiro atoms. The second kappa shape index (κ2) is 7.36. The minimum Gasteiger partial charge on any atom is -0.0711 e. The number of hydrogen-bond acceptors (Lipinski definition) is 0. The molecule has 0 saturated heterocycles. The van der Waals surface area contributed by atoms with Gasteiger partial charge in [0.2, 0.25) is 0 Å². The maximum Gasteiger partial charge on any atom is 0.0448 e. The molecule has 0 aromatic rings. The third-order valence-corrected chi connectivity index (χ3v) is 30.6. The van der Waals surface area contributed by atoms with E-state index in [9.17, 15) is 0 Å². The van der Waals surface area contributed by atoms with Crippen LogP contribution >= 0.6 is 0 Å². The van der Waals surface area contributed by atoms with Crippen molar-refractivity contribution in [3.05, 3.63) is 0 Å². The van der Waals surface area contributed by atoms with Crippen LogP contribution in [0.15, 0.2) is 0 Å². The van der Waals surface area contributed by atoms with Crippen molar-refractivity contribution in [1.82, 2.24) is 0 Å². The van der Waals surface area contributed by atoms with Crippen molar-refractivity contribution >= 4 is 15.2 Å². The molecule has 2 heteroatoms. The first kappa shape index (κ1) is 21.2. The Balaban J connectivity index is 1.72. The van der Waals surface area contributed by atoms with Crippen LogP contribution in [-0.4, -0.2) is 15.2 Å². The molecule has 0 aliphatic heterocycles. The van der Waals surface area contributed by atoms with Gasteiger partial charge in [-0.1, -0.05) is 98.8 Å². The summed E-state index contributed by atoms with van der Waals surface area (Å²) in [6, 6.07) is 0. The highest BCUT2D eigenvalue weighted by Gasteiger charge is 2.56. The summed E-state index contributed by atoms with van der Waals surface area (Å²) in [5, 5.41) is 0.